The number of imidazole rings is 1. The Bertz CT molecular complexity index is 1230. The van der Waals surface area contributed by atoms with Crippen molar-refractivity contribution in [1.29, 1.82) is 0 Å². The number of rotatable bonds is 8. The Kier molecular flexibility index (Phi) is 5.63. The highest BCUT2D eigenvalue weighted by Gasteiger charge is 2.28. The molecule has 158 valence electrons. The number of sulfonamides is 1. The van der Waals surface area contributed by atoms with Gasteiger partial charge in [0.1, 0.15) is 0 Å². The molecular formula is C21H24N4O4S. The molecule has 8 nitrogen and oxygen atoms in total. The third-order valence-corrected chi connectivity index (χ3v) is 7.08. The lowest BCUT2D eigenvalue weighted by Gasteiger charge is -2.19. The van der Waals surface area contributed by atoms with Crippen LogP contribution in [0.25, 0.3) is 11.0 Å². The predicted molar refractivity (Wildman–Crippen MR) is 116 cm³/mol. The quantitative estimate of drug-likeness (QED) is 0.506. The number of aromatic amines is 2. The van der Waals surface area contributed by atoms with Gasteiger partial charge in [-0.2, -0.15) is 0 Å². The number of carbonyl (C=O) groups excluding carboxylic acids is 1. The van der Waals surface area contributed by atoms with Crippen molar-refractivity contribution >= 4 is 32.7 Å². The van der Waals surface area contributed by atoms with Gasteiger partial charge in [-0.05, 0) is 48.6 Å². The number of aryl methyl sites for hydroxylation is 1. The molecule has 1 aliphatic heterocycles. The number of nitrogens with zero attached hydrogens (tertiary/aromatic N) is 1. The third-order valence-electron chi connectivity index (χ3n) is 5.31. The topological polar surface area (TPSA) is 115 Å². The second kappa shape index (κ2) is 8.35. The summed E-state index contributed by atoms with van der Waals surface area (Å²) >= 11 is 0. The number of amides is 1. The lowest BCUT2D eigenvalue weighted by Crippen LogP contribution is -2.36. The Morgan fingerprint density at radius 2 is 1.90 bits per heavy atom. The van der Waals surface area contributed by atoms with E-state index in [9.17, 15) is 18.0 Å². The summed E-state index contributed by atoms with van der Waals surface area (Å²) in [6.45, 7) is 0.544. The van der Waals surface area contributed by atoms with Crippen LogP contribution in [0.1, 0.15) is 24.0 Å². The normalized spacial score (nSPS) is 13.5. The zero-order valence-corrected chi connectivity index (χ0v) is 17.3. The van der Waals surface area contributed by atoms with Gasteiger partial charge in [-0.25, -0.2) is 13.2 Å². The second-order valence-corrected chi connectivity index (χ2v) is 9.44. The number of H-pyrrole nitrogens is 2. The zero-order valence-electron chi connectivity index (χ0n) is 16.5. The van der Waals surface area contributed by atoms with Crippen LogP contribution >= 0.6 is 0 Å². The van der Waals surface area contributed by atoms with Gasteiger partial charge in [0.15, 0.2) is 0 Å². The first kappa shape index (κ1) is 20.2. The molecule has 1 aromatic heterocycles. The number of nitrogens with one attached hydrogen (secondary N) is 3. The minimum absolute atomic E-state index is 0.0936. The molecule has 0 bridgehead atoms. The fourth-order valence-electron chi connectivity index (χ4n) is 3.80. The van der Waals surface area contributed by atoms with Gasteiger partial charge in [-0.15, -0.1) is 0 Å². The van der Waals surface area contributed by atoms with Crippen LogP contribution in [0.5, 0.6) is 0 Å². The van der Waals surface area contributed by atoms with Crippen LogP contribution in [0.2, 0.25) is 0 Å². The highest BCUT2D eigenvalue weighted by atomic mass is 32.2. The molecule has 2 heterocycles. The van der Waals surface area contributed by atoms with Gasteiger partial charge >= 0.3 is 5.69 Å². The summed E-state index contributed by atoms with van der Waals surface area (Å²) in [5.41, 5.74) is 4.06. The maximum atomic E-state index is 12.6. The third kappa shape index (κ3) is 4.40. The van der Waals surface area contributed by atoms with Crippen molar-refractivity contribution in [1.82, 2.24) is 15.3 Å². The van der Waals surface area contributed by atoms with E-state index in [1.54, 1.807) is 0 Å². The molecule has 9 heteroatoms. The van der Waals surface area contributed by atoms with E-state index in [0.29, 0.717) is 32.2 Å². The number of aromatic nitrogens is 2. The maximum absolute atomic E-state index is 12.6. The molecule has 0 unspecified atom stereocenters. The smallest absolute Gasteiger partial charge is 0.323 e. The van der Waals surface area contributed by atoms with E-state index in [-0.39, 0.29) is 23.9 Å². The molecule has 3 aromatic rings. The molecule has 2 aromatic carbocycles. The first-order chi connectivity index (χ1) is 14.4. The van der Waals surface area contributed by atoms with Crippen molar-refractivity contribution in [2.45, 2.75) is 25.7 Å². The molecule has 1 amide bonds. The molecule has 30 heavy (non-hydrogen) atoms. The van der Waals surface area contributed by atoms with Gasteiger partial charge < -0.3 is 15.3 Å². The molecule has 0 saturated carbocycles. The lowest BCUT2D eigenvalue weighted by atomic mass is 10.1. The number of fused-ring (bicyclic) bond motifs is 2. The molecule has 0 radical (unpaired) electrons. The van der Waals surface area contributed by atoms with Crippen molar-refractivity contribution in [2.75, 3.05) is 23.1 Å². The molecule has 0 fully saturated rings. The summed E-state index contributed by atoms with van der Waals surface area (Å²) < 4.78 is 26.7. The van der Waals surface area contributed by atoms with Crippen LogP contribution in [0, 0.1) is 0 Å². The van der Waals surface area contributed by atoms with E-state index >= 15 is 0 Å². The number of para-hydroxylation sites is 1. The summed E-state index contributed by atoms with van der Waals surface area (Å²) in [6, 6.07) is 13.2. The Labute approximate surface area is 174 Å². The summed E-state index contributed by atoms with van der Waals surface area (Å²) in [7, 11) is -3.46. The minimum Gasteiger partial charge on any atom is -0.355 e. The van der Waals surface area contributed by atoms with Crippen LogP contribution in [0.3, 0.4) is 0 Å². The molecule has 4 rings (SSSR count). The van der Waals surface area contributed by atoms with E-state index < -0.39 is 10.0 Å². The Morgan fingerprint density at radius 1 is 1.10 bits per heavy atom. The number of anilines is 1. The van der Waals surface area contributed by atoms with E-state index in [1.807, 2.05) is 42.5 Å². The average molecular weight is 429 g/mol. The van der Waals surface area contributed by atoms with Gasteiger partial charge in [0, 0.05) is 19.5 Å². The Hall–Kier alpha value is -3.07. The first-order valence-electron chi connectivity index (χ1n) is 9.98. The van der Waals surface area contributed by atoms with E-state index in [4.69, 9.17) is 0 Å². The van der Waals surface area contributed by atoms with Crippen molar-refractivity contribution in [2.24, 2.45) is 0 Å². The molecule has 0 aliphatic carbocycles. The molecule has 1 aliphatic rings. The molecule has 0 atom stereocenters. The highest BCUT2D eigenvalue weighted by molar-refractivity contribution is 7.92. The van der Waals surface area contributed by atoms with Crippen LogP contribution in [0.4, 0.5) is 5.69 Å². The van der Waals surface area contributed by atoms with Gasteiger partial charge in [-0.3, -0.25) is 9.10 Å². The number of hydrogen-bond donors (Lipinski definition) is 3. The average Bonchev–Trinajstić information content (AvgIpc) is 3.30. The lowest BCUT2D eigenvalue weighted by molar-refractivity contribution is -0.121. The largest absolute Gasteiger partial charge is 0.355 e. The van der Waals surface area contributed by atoms with Gasteiger partial charge in [0.2, 0.25) is 15.9 Å². The number of carbonyl (C=O) groups is 1. The number of benzene rings is 2. The van der Waals surface area contributed by atoms with Gasteiger partial charge in [0.25, 0.3) is 0 Å². The Morgan fingerprint density at radius 3 is 2.77 bits per heavy atom. The van der Waals surface area contributed by atoms with Crippen LogP contribution < -0.4 is 15.3 Å². The number of hydrogen-bond acceptors (Lipinski definition) is 4. The van der Waals surface area contributed by atoms with Crippen LogP contribution in [0.15, 0.2) is 47.3 Å². The van der Waals surface area contributed by atoms with Crippen molar-refractivity contribution in [3.63, 3.8) is 0 Å². The monoisotopic (exact) mass is 428 g/mol. The van der Waals surface area contributed by atoms with Crippen LogP contribution in [-0.2, 0) is 27.7 Å². The van der Waals surface area contributed by atoms with E-state index in [0.717, 1.165) is 27.8 Å². The standard InChI is InChI=1S/C21H24N4O4S/c26-20(7-3-4-15-8-9-17-18(14-15)24-21(27)23-17)22-11-13-30(28,29)25-12-10-16-5-1-2-6-19(16)25/h1-2,5-6,8-9,14H,3-4,7,10-13H2,(H,22,26)(H2,23,24,27). The molecular weight excluding hydrogens is 404 g/mol. The van der Waals surface area contributed by atoms with E-state index in [2.05, 4.69) is 15.3 Å². The maximum Gasteiger partial charge on any atom is 0.323 e. The summed E-state index contributed by atoms with van der Waals surface area (Å²) in [4.78, 5) is 28.8. The van der Waals surface area contributed by atoms with Gasteiger partial charge in [0.05, 0.1) is 22.5 Å². The fraction of sp³-hybridized carbons (Fsp3) is 0.333. The summed E-state index contributed by atoms with van der Waals surface area (Å²) in [5, 5.41) is 2.71. The SMILES string of the molecule is O=C(CCCc1ccc2[nH]c(=O)[nH]c2c1)NCCS(=O)(=O)N1CCc2ccccc21. The van der Waals surface area contributed by atoms with E-state index in [1.165, 1.54) is 4.31 Å². The summed E-state index contributed by atoms with van der Waals surface area (Å²) in [5.74, 6) is -0.284. The highest BCUT2D eigenvalue weighted by Crippen LogP contribution is 2.29. The van der Waals surface area contributed by atoms with Crippen molar-refractivity contribution in [3.8, 4) is 0 Å². The Balaban J connectivity index is 1.22. The van der Waals surface area contributed by atoms with Gasteiger partial charge in [-0.1, -0.05) is 24.3 Å². The predicted octanol–water partition coefficient (Wildman–Crippen LogP) is 1.69. The molecule has 0 spiro atoms. The second-order valence-electron chi connectivity index (χ2n) is 7.43. The molecule has 3 N–H and O–H groups in total. The van der Waals surface area contributed by atoms with Crippen LogP contribution in [-0.4, -0.2) is 43.1 Å². The summed E-state index contributed by atoms with van der Waals surface area (Å²) in [6.07, 6.45) is 2.36. The van der Waals surface area contributed by atoms with Crippen molar-refractivity contribution < 1.29 is 13.2 Å². The van der Waals surface area contributed by atoms with Crippen molar-refractivity contribution in [3.05, 3.63) is 64.1 Å². The minimum atomic E-state index is -3.46. The molecule has 0 saturated heterocycles. The zero-order chi connectivity index (χ0) is 21.1. The fourth-order valence-corrected chi connectivity index (χ4v) is 5.23. The first-order valence-corrected chi connectivity index (χ1v) is 11.6.